The molecule has 1 N–H and O–H groups in total. The number of hydrogen-bond acceptors (Lipinski definition) is 4. The number of amides is 1. The van der Waals surface area contributed by atoms with Crippen molar-refractivity contribution in [2.45, 2.75) is 51.4 Å². The van der Waals surface area contributed by atoms with Gasteiger partial charge in [0.05, 0.1) is 6.61 Å². The summed E-state index contributed by atoms with van der Waals surface area (Å²) in [4.78, 5) is 19.2. The van der Waals surface area contributed by atoms with Gasteiger partial charge in [-0.3, -0.25) is 9.89 Å². The number of nitrogens with zero attached hydrogens (tertiary/aromatic N) is 3. The lowest BCUT2D eigenvalue weighted by atomic mass is 9.87. The maximum absolute atomic E-state index is 12.7. The molecule has 1 aliphatic heterocycles. The van der Waals surface area contributed by atoms with Gasteiger partial charge in [-0.25, -0.2) is 4.98 Å². The normalized spacial score (nSPS) is 25.9. The molecule has 1 aromatic heterocycles. The number of aryl methyl sites for hydroxylation is 1. The van der Waals surface area contributed by atoms with Crippen molar-refractivity contribution in [3.8, 4) is 0 Å². The van der Waals surface area contributed by atoms with E-state index in [1.165, 1.54) is 32.1 Å². The van der Waals surface area contributed by atoms with E-state index in [0.717, 1.165) is 24.7 Å². The van der Waals surface area contributed by atoms with E-state index in [0.29, 0.717) is 24.9 Å². The van der Waals surface area contributed by atoms with Crippen LogP contribution in [0.2, 0.25) is 0 Å². The standard InChI is InChI=1S/C17H28N4O2/c1-12-18-17(20-19-12)15-10-21(9-14(15)11-23-2)16(22)8-13-6-4-3-5-7-13/h13-15H,3-11H2,1-2H3,(H,18,19,20)/t14-,15+/m0/s1. The van der Waals surface area contributed by atoms with Crippen LogP contribution < -0.4 is 0 Å². The lowest BCUT2D eigenvalue weighted by Crippen LogP contribution is -2.31. The molecule has 128 valence electrons. The number of ether oxygens (including phenoxy) is 1. The number of rotatable bonds is 5. The topological polar surface area (TPSA) is 71.1 Å². The molecule has 2 fully saturated rings. The number of carbonyl (C=O) groups is 1. The summed E-state index contributed by atoms with van der Waals surface area (Å²) in [6, 6.07) is 0. The Morgan fingerprint density at radius 2 is 2.09 bits per heavy atom. The van der Waals surface area contributed by atoms with Crippen LogP contribution in [0.3, 0.4) is 0 Å². The fourth-order valence-electron chi connectivity index (χ4n) is 4.04. The highest BCUT2D eigenvalue weighted by Crippen LogP contribution is 2.33. The molecule has 2 aliphatic rings. The second-order valence-electron chi connectivity index (χ2n) is 7.11. The Hall–Kier alpha value is -1.43. The second kappa shape index (κ2) is 7.43. The Balaban J connectivity index is 1.63. The molecule has 3 rings (SSSR count). The Bertz CT molecular complexity index is 524. The number of methoxy groups -OCH3 is 1. The molecule has 0 aromatic carbocycles. The van der Waals surface area contributed by atoms with Crippen molar-refractivity contribution in [1.82, 2.24) is 20.1 Å². The zero-order valence-electron chi connectivity index (χ0n) is 14.3. The molecule has 2 heterocycles. The Labute approximate surface area is 138 Å². The lowest BCUT2D eigenvalue weighted by molar-refractivity contribution is -0.131. The van der Waals surface area contributed by atoms with E-state index in [1.54, 1.807) is 7.11 Å². The molecule has 1 saturated heterocycles. The molecular weight excluding hydrogens is 292 g/mol. The number of carbonyl (C=O) groups excluding carboxylic acids is 1. The second-order valence-corrected chi connectivity index (χ2v) is 7.11. The summed E-state index contributed by atoms with van der Waals surface area (Å²) in [6.07, 6.45) is 7.03. The number of aromatic nitrogens is 3. The summed E-state index contributed by atoms with van der Waals surface area (Å²) in [6.45, 7) is 4.03. The first-order chi connectivity index (χ1) is 11.2. The van der Waals surface area contributed by atoms with Crippen molar-refractivity contribution in [2.75, 3.05) is 26.8 Å². The van der Waals surface area contributed by atoms with Crippen molar-refractivity contribution < 1.29 is 9.53 Å². The van der Waals surface area contributed by atoms with Crippen molar-refractivity contribution in [3.05, 3.63) is 11.6 Å². The molecule has 0 unspecified atom stereocenters. The van der Waals surface area contributed by atoms with Gasteiger partial charge in [-0.1, -0.05) is 19.3 Å². The first kappa shape index (κ1) is 16.4. The quantitative estimate of drug-likeness (QED) is 0.903. The summed E-state index contributed by atoms with van der Waals surface area (Å²) >= 11 is 0. The summed E-state index contributed by atoms with van der Waals surface area (Å²) < 4.78 is 5.36. The van der Waals surface area contributed by atoms with E-state index in [-0.39, 0.29) is 11.8 Å². The molecule has 2 atom stereocenters. The van der Waals surface area contributed by atoms with Crippen LogP contribution in [0.4, 0.5) is 0 Å². The van der Waals surface area contributed by atoms with Gasteiger partial charge in [0.15, 0.2) is 5.82 Å². The lowest BCUT2D eigenvalue weighted by Gasteiger charge is -2.24. The zero-order chi connectivity index (χ0) is 16.2. The third-order valence-electron chi connectivity index (χ3n) is 5.31. The van der Waals surface area contributed by atoms with Crippen LogP contribution in [0.15, 0.2) is 0 Å². The van der Waals surface area contributed by atoms with Crippen LogP contribution in [0.5, 0.6) is 0 Å². The summed E-state index contributed by atoms with van der Waals surface area (Å²) in [5.74, 6) is 2.98. The fourth-order valence-corrected chi connectivity index (χ4v) is 4.04. The number of hydrogen-bond donors (Lipinski definition) is 1. The third-order valence-corrected chi connectivity index (χ3v) is 5.31. The highest BCUT2D eigenvalue weighted by Gasteiger charge is 2.38. The Morgan fingerprint density at radius 1 is 1.30 bits per heavy atom. The van der Waals surface area contributed by atoms with Gasteiger partial charge in [0.1, 0.15) is 5.82 Å². The number of aromatic amines is 1. The average Bonchev–Trinajstić information content (AvgIpc) is 3.15. The van der Waals surface area contributed by atoms with Gasteiger partial charge in [0.2, 0.25) is 5.91 Å². The molecule has 1 aromatic rings. The summed E-state index contributed by atoms with van der Waals surface area (Å²) in [5, 5.41) is 7.22. The maximum Gasteiger partial charge on any atom is 0.222 e. The predicted octanol–water partition coefficient (Wildman–Crippen LogP) is 2.27. The van der Waals surface area contributed by atoms with Crippen LogP contribution in [-0.2, 0) is 9.53 Å². The van der Waals surface area contributed by atoms with Crippen LogP contribution in [0.1, 0.15) is 56.1 Å². The molecule has 1 amide bonds. The SMILES string of the molecule is COC[C@@H]1CN(C(=O)CC2CCCCC2)C[C@H]1c1n[nH]c(C)n1. The summed E-state index contributed by atoms with van der Waals surface area (Å²) in [5.41, 5.74) is 0. The third kappa shape index (κ3) is 3.91. The minimum Gasteiger partial charge on any atom is -0.384 e. The highest BCUT2D eigenvalue weighted by atomic mass is 16.5. The van der Waals surface area contributed by atoms with Crippen molar-refractivity contribution >= 4 is 5.91 Å². The Morgan fingerprint density at radius 3 is 2.74 bits per heavy atom. The molecule has 0 bridgehead atoms. The number of nitrogens with one attached hydrogen (secondary N) is 1. The monoisotopic (exact) mass is 320 g/mol. The van der Waals surface area contributed by atoms with E-state index >= 15 is 0 Å². The highest BCUT2D eigenvalue weighted by molar-refractivity contribution is 5.77. The van der Waals surface area contributed by atoms with Gasteiger partial charge in [-0.05, 0) is 25.7 Å². The van der Waals surface area contributed by atoms with E-state index in [4.69, 9.17) is 4.74 Å². The minimum atomic E-state index is 0.176. The minimum absolute atomic E-state index is 0.176. The Kier molecular flexibility index (Phi) is 5.30. The van der Waals surface area contributed by atoms with Crippen LogP contribution in [0, 0.1) is 18.8 Å². The molecule has 1 aliphatic carbocycles. The molecule has 1 saturated carbocycles. The van der Waals surface area contributed by atoms with Gasteiger partial charge < -0.3 is 9.64 Å². The first-order valence-corrected chi connectivity index (χ1v) is 8.83. The number of H-pyrrole nitrogens is 1. The van der Waals surface area contributed by atoms with Gasteiger partial charge in [0.25, 0.3) is 0 Å². The predicted molar refractivity (Wildman–Crippen MR) is 87.0 cm³/mol. The fraction of sp³-hybridized carbons (Fsp3) is 0.824. The van der Waals surface area contributed by atoms with E-state index in [1.807, 2.05) is 11.8 Å². The summed E-state index contributed by atoms with van der Waals surface area (Å²) in [7, 11) is 1.72. The molecule has 6 heteroatoms. The maximum atomic E-state index is 12.7. The van der Waals surface area contributed by atoms with Crippen LogP contribution in [0.25, 0.3) is 0 Å². The van der Waals surface area contributed by atoms with Crippen LogP contribution in [-0.4, -0.2) is 52.8 Å². The van der Waals surface area contributed by atoms with Crippen molar-refractivity contribution in [1.29, 1.82) is 0 Å². The van der Waals surface area contributed by atoms with Gasteiger partial charge in [-0.2, -0.15) is 5.10 Å². The smallest absolute Gasteiger partial charge is 0.222 e. The van der Waals surface area contributed by atoms with E-state index in [9.17, 15) is 4.79 Å². The molecule has 6 nitrogen and oxygen atoms in total. The van der Waals surface area contributed by atoms with Crippen molar-refractivity contribution in [2.24, 2.45) is 11.8 Å². The van der Waals surface area contributed by atoms with E-state index in [2.05, 4.69) is 15.2 Å². The molecule has 0 spiro atoms. The van der Waals surface area contributed by atoms with E-state index < -0.39 is 0 Å². The molecular formula is C17H28N4O2. The largest absolute Gasteiger partial charge is 0.384 e. The average molecular weight is 320 g/mol. The van der Waals surface area contributed by atoms with Gasteiger partial charge in [-0.15, -0.1) is 0 Å². The van der Waals surface area contributed by atoms with Crippen LogP contribution >= 0.6 is 0 Å². The number of likely N-dealkylation sites (tertiary alicyclic amines) is 1. The van der Waals surface area contributed by atoms with Gasteiger partial charge >= 0.3 is 0 Å². The molecule has 0 radical (unpaired) electrons. The zero-order valence-corrected chi connectivity index (χ0v) is 14.3. The van der Waals surface area contributed by atoms with Gasteiger partial charge in [0, 0.05) is 38.5 Å². The first-order valence-electron chi connectivity index (χ1n) is 8.83. The van der Waals surface area contributed by atoms with Crippen molar-refractivity contribution in [3.63, 3.8) is 0 Å². The molecule has 23 heavy (non-hydrogen) atoms.